The minimum absolute atomic E-state index is 0. The normalized spacial score (nSPS) is 19.5. The molecule has 2 atom stereocenters. The topological polar surface area (TPSA) is 50.4 Å². The van der Waals surface area contributed by atoms with Gasteiger partial charge in [0.15, 0.2) is 0 Å². The molecule has 1 saturated heterocycles. The van der Waals surface area contributed by atoms with Crippen LogP contribution in [-0.2, 0) is 9.53 Å². The number of morpholine rings is 1. The maximum atomic E-state index is 13.5. The van der Waals surface area contributed by atoms with Crippen LogP contribution in [0.4, 0.5) is 4.39 Å². The van der Waals surface area contributed by atoms with Gasteiger partial charge in [0.25, 0.3) is 0 Å². The summed E-state index contributed by atoms with van der Waals surface area (Å²) in [7, 11) is 0. The maximum Gasteiger partial charge on any atom is 0.222 e. The summed E-state index contributed by atoms with van der Waals surface area (Å²) in [5.41, 5.74) is 1.38. The van der Waals surface area contributed by atoms with Gasteiger partial charge in [-0.25, -0.2) is 4.39 Å². The van der Waals surface area contributed by atoms with Crippen LogP contribution in [0.2, 0.25) is 0 Å². The molecular weight excluding hydrogens is 295 g/mol. The molecular formula is C15H22ClFN2O2. The number of aryl methyl sites for hydroxylation is 1. The molecule has 1 fully saturated rings. The molecule has 1 amide bonds. The summed E-state index contributed by atoms with van der Waals surface area (Å²) in [5, 5.41) is 6.12. The van der Waals surface area contributed by atoms with Crippen LogP contribution in [0.1, 0.15) is 30.5 Å². The van der Waals surface area contributed by atoms with Gasteiger partial charge < -0.3 is 15.4 Å². The summed E-state index contributed by atoms with van der Waals surface area (Å²) in [5.74, 6) is -0.299. The Morgan fingerprint density at radius 2 is 2.33 bits per heavy atom. The Hall–Kier alpha value is -1.17. The molecule has 0 radical (unpaired) electrons. The Morgan fingerprint density at radius 1 is 1.57 bits per heavy atom. The van der Waals surface area contributed by atoms with Crippen LogP contribution < -0.4 is 10.6 Å². The molecule has 1 heterocycles. The highest BCUT2D eigenvalue weighted by Gasteiger charge is 2.18. The molecule has 0 bridgehead atoms. The minimum Gasteiger partial charge on any atom is -0.378 e. The van der Waals surface area contributed by atoms with Gasteiger partial charge in [-0.05, 0) is 31.0 Å². The standard InChI is InChI=1S/C15H21FN2O2.ClH/c1-10-3-4-12(7-14(10)16)11(2)18-15(19)8-13-9-20-6-5-17-13;/h3-4,7,11,13,17H,5-6,8-9H2,1-2H3,(H,18,19);1H. The van der Waals surface area contributed by atoms with E-state index in [1.54, 1.807) is 13.0 Å². The van der Waals surface area contributed by atoms with Crippen molar-refractivity contribution in [1.82, 2.24) is 10.6 Å². The van der Waals surface area contributed by atoms with Crippen LogP contribution in [0.3, 0.4) is 0 Å². The number of benzene rings is 1. The zero-order valence-corrected chi connectivity index (χ0v) is 13.1. The quantitative estimate of drug-likeness (QED) is 0.894. The largest absolute Gasteiger partial charge is 0.378 e. The van der Waals surface area contributed by atoms with E-state index in [4.69, 9.17) is 4.74 Å². The molecule has 4 nitrogen and oxygen atoms in total. The van der Waals surface area contributed by atoms with Gasteiger partial charge in [0.05, 0.1) is 19.3 Å². The zero-order chi connectivity index (χ0) is 14.5. The number of carbonyl (C=O) groups is 1. The van der Waals surface area contributed by atoms with Crippen molar-refractivity contribution in [3.05, 3.63) is 35.1 Å². The molecule has 2 unspecified atom stereocenters. The van der Waals surface area contributed by atoms with Crippen LogP contribution in [0, 0.1) is 12.7 Å². The van der Waals surface area contributed by atoms with Crippen LogP contribution >= 0.6 is 12.4 Å². The summed E-state index contributed by atoms with van der Waals surface area (Å²) < 4.78 is 18.8. The van der Waals surface area contributed by atoms with Gasteiger partial charge in [-0.15, -0.1) is 12.4 Å². The van der Waals surface area contributed by atoms with Crippen molar-refractivity contribution in [2.75, 3.05) is 19.8 Å². The van der Waals surface area contributed by atoms with E-state index in [0.29, 0.717) is 25.2 Å². The Bertz CT molecular complexity index is 479. The van der Waals surface area contributed by atoms with Crippen LogP contribution in [0.15, 0.2) is 18.2 Å². The third-order valence-corrected chi connectivity index (χ3v) is 3.50. The molecule has 118 valence electrons. The van der Waals surface area contributed by atoms with Crippen molar-refractivity contribution in [2.24, 2.45) is 0 Å². The van der Waals surface area contributed by atoms with Crippen molar-refractivity contribution in [3.8, 4) is 0 Å². The first-order chi connectivity index (χ1) is 9.56. The molecule has 2 N–H and O–H groups in total. The summed E-state index contributed by atoms with van der Waals surface area (Å²) in [6.45, 7) is 5.60. The second kappa shape index (κ2) is 8.32. The average Bonchev–Trinajstić information content (AvgIpc) is 2.42. The number of ether oxygens (including phenoxy) is 1. The first-order valence-electron chi connectivity index (χ1n) is 6.93. The average molecular weight is 317 g/mol. The van der Waals surface area contributed by atoms with Crippen molar-refractivity contribution in [3.63, 3.8) is 0 Å². The van der Waals surface area contributed by atoms with Gasteiger partial charge >= 0.3 is 0 Å². The molecule has 0 spiro atoms. The highest BCUT2D eigenvalue weighted by molar-refractivity contribution is 5.85. The summed E-state index contributed by atoms with van der Waals surface area (Å²) in [6, 6.07) is 4.89. The monoisotopic (exact) mass is 316 g/mol. The van der Waals surface area contributed by atoms with E-state index in [1.165, 1.54) is 6.07 Å². The van der Waals surface area contributed by atoms with Gasteiger partial charge in [0.2, 0.25) is 5.91 Å². The molecule has 21 heavy (non-hydrogen) atoms. The number of halogens is 2. The minimum atomic E-state index is -0.244. The van der Waals surface area contributed by atoms with Gasteiger partial charge in [0.1, 0.15) is 5.82 Å². The Kier molecular flexibility index (Phi) is 7.08. The van der Waals surface area contributed by atoms with E-state index in [-0.39, 0.29) is 36.2 Å². The lowest BCUT2D eigenvalue weighted by molar-refractivity contribution is -0.122. The first kappa shape index (κ1) is 17.9. The lowest BCUT2D eigenvalue weighted by Gasteiger charge is -2.24. The van der Waals surface area contributed by atoms with E-state index in [0.717, 1.165) is 12.1 Å². The third kappa shape index (κ3) is 5.26. The van der Waals surface area contributed by atoms with Crippen LogP contribution in [0.5, 0.6) is 0 Å². The highest BCUT2D eigenvalue weighted by Crippen LogP contribution is 2.16. The fourth-order valence-electron chi connectivity index (χ4n) is 2.24. The Labute approximate surface area is 130 Å². The van der Waals surface area contributed by atoms with Gasteiger partial charge in [-0.1, -0.05) is 12.1 Å². The number of hydrogen-bond donors (Lipinski definition) is 2. The van der Waals surface area contributed by atoms with E-state index >= 15 is 0 Å². The molecule has 1 aromatic carbocycles. The zero-order valence-electron chi connectivity index (χ0n) is 12.3. The van der Waals surface area contributed by atoms with Crippen LogP contribution in [-0.4, -0.2) is 31.7 Å². The molecule has 1 aromatic rings. The molecule has 1 aliphatic rings. The lowest BCUT2D eigenvalue weighted by atomic mass is 10.1. The molecule has 2 rings (SSSR count). The Morgan fingerprint density at radius 3 is 2.95 bits per heavy atom. The summed E-state index contributed by atoms with van der Waals surface area (Å²) >= 11 is 0. The van der Waals surface area contributed by atoms with Gasteiger partial charge in [-0.2, -0.15) is 0 Å². The van der Waals surface area contributed by atoms with E-state index in [2.05, 4.69) is 10.6 Å². The fourth-order valence-corrected chi connectivity index (χ4v) is 2.24. The molecule has 6 heteroatoms. The highest BCUT2D eigenvalue weighted by atomic mass is 35.5. The Balaban J connectivity index is 0.00000220. The second-order valence-electron chi connectivity index (χ2n) is 5.23. The van der Waals surface area contributed by atoms with Crippen molar-refractivity contribution in [2.45, 2.75) is 32.4 Å². The smallest absolute Gasteiger partial charge is 0.222 e. The van der Waals surface area contributed by atoms with E-state index in [1.807, 2.05) is 13.0 Å². The van der Waals surface area contributed by atoms with Gasteiger partial charge in [0, 0.05) is 19.0 Å². The maximum absolute atomic E-state index is 13.5. The first-order valence-corrected chi connectivity index (χ1v) is 6.93. The SMILES string of the molecule is Cc1ccc(C(C)NC(=O)CC2COCCN2)cc1F.Cl. The number of carbonyl (C=O) groups excluding carboxylic acids is 1. The second-order valence-corrected chi connectivity index (χ2v) is 5.23. The van der Waals surface area contributed by atoms with Crippen molar-refractivity contribution in [1.29, 1.82) is 0 Å². The van der Waals surface area contributed by atoms with Crippen molar-refractivity contribution < 1.29 is 13.9 Å². The lowest BCUT2D eigenvalue weighted by Crippen LogP contribution is -2.44. The fraction of sp³-hybridized carbons (Fsp3) is 0.533. The van der Waals surface area contributed by atoms with E-state index in [9.17, 15) is 9.18 Å². The predicted octanol–water partition coefficient (Wildman–Crippen LogP) is 2.11. The summed E-state index contributed by atoms with van der Waals surface area (Å²) in [6.07, 6.45) is 0.374. The third-order valence-electron chi connectivity index (χ3n) is 3.50. The van der Waals surface area contributed by atoms with E-state index < -0.39 is 0 Å². The number of hydrogen-bond acceptors (Lipinski definition) is 3. The molecule has 1 aliphatic heterocycles. The molecule has 0 saturated carbocycles. The summed E-state index contributed by atoms with van der Waals surface area (Å²) in [4.78, 5) is 11.9. The molecule has 0 aromatic heterocycles. The molecule has 0 aliphatic carbocycles. The van der Waals surface area contributed by atoms with Gasteiger partial charge in [-0.3, -0.25) is 4.79 Å². The number of nitrogens with one attached hydrogen (secondary N) is 2. The van der Waals surface area contributed by atoms with Crippen LogP contribution in [0.25, 0.3) is 0 Å². The number of amides is 1. The van der Waals surface area contributed by atoms with Crippen molar-refractivity contribution >= 4 is 18.3 Å². The number of rotatable bonds is 4. The predicted molar refractivity (Wildman–Crippen MR) is 82.2 cm³/mol.